The fourth-order valence-electron chi connectivity index (χ4n) is 3.03. The molecular weight excluding hydrogens is 350 g/mol. The Bertz CT molecular complexity index is 659. The lowest BCUT2D eigenvalue weighted by atomic mass is 10.1. The first-order valence-corrected chi connectivity index (χ1v) is 9.36. The molecule has 1 saturated heterocycles. The van der Waals surface area contributed by atoms with Crippen LogP contribution in [0.1, 0.15) is 29.6 Å². The SMILES string of the molecule is COCCOC(=NCCN1CCCCC1)NC(=O)c1ccc2c(c1)OCO2. The van der Waals surface area contributed by atoms with Crippen LogP contribution >= 0.6 is 0 Å². The van der Waals surface area contributed by atoms with Crippen molar-refractivity contribution in [2.45, 2.75) is 19.3 Å². The van der Waals surface area contributed by atoms with Gasteiger partial charge in [0.2, 0.25) is 6.79 Å². The van der Waals surface area contributed by atoms with Gasteiger partial charge in [-0.3, -0.25) is 10.1 Å². The molecule has 2 aliphatic heterocycles. The zero-order valence-electron chi connectivity index (χ0n) is 15.7. The van der Waals surface area contributed by atoms with Crippen molar-refractivity contribution in [3.8, 4) is 11.5 Å². The van der Waals surface area contributed by atoms with Crippen molar-refractivity contribution >= 4 is 11.9 Å². The van der Waals surface area contributed by atoms with Crippen molar-refractivity contribution in [2.75, 3.05) is 53.3 Å². The molecule has 0 aromatic heterocycles. The number of hydrogen-bond acceptors (Lipinski definition) is 7. The highest BCUT2D eigenvalue weighted by Crippen LogP contribution is 2.32. The summed E-state index contributed by atoms with van der Waals surface area (Å²) in [6.45, 7) is 4.56. The number of carbonyl (C=O) groups is 1. The predicted octanol–water partition coefficient (Wildman–Crippen LogP) is 1.65. The summed E-state index contributed by atoms with van der Waals surface area (Å²) < 4.78 is 21.2. The summed E-state index contributed by atoms with van der Waals surface area (Å²) in [6.07, 6.45) is 3.78. The van der Waals surface area contributed by atoms with E-state index >= 15 is 0 Å². The zero-order valence-corrected chi connectivity index (χ0v) is 15.7. The molecule has 8 nitrogen and oxygen atoms in total. The Kier molecular flexibility index (Phi) is 7.29. The summed E-state index contributed by atoms with van der Waals surface area (Å²) in [6, 6.07) is 5.27. The van der Waals surface area contributed by atoms with Crippen LogP contribution in [0.2, 0.25) is 0 Å². The van der Waals surface area contributed by atoms with Crippen LogP contribution in [-0.2, 0) is 9.47 Å². The first kappa shape index (κ1) is 19.4. The van der Waals surface area contributed by atoms with Gasteiger partial charge >= 0.3 is 0 Å². The highest BCUT2D eigenvalue weighted by atomic mass is 16.7. The number of benzene rings is 1. The Hall–Kier alpha value is -2.32. The minimum atomic E-state index is -0.303. The molecule has 148 valence electrons. The lowest BCUT2D eigenvalue weighted by molar-refractivity contribution is 0.0953. The van der Waals surface area contributed by atoms with Gasteiger partial charge in [0.1, 0.15) is 6.61 Å². The van der Waals surface area contributed by atoms with E-state index in [2.05, 4.69) is 15.2 Å². The van der Waals surface area contributed by atoms with Gasteiger partial charge in [0.15, 0.2) is 11.5 Å². The van der Waals surface area contributed by atoms with Crippen LogP contribution in [0.5, 0.6) is 11.5 Å². The molecule has 0 bridgehead atoms. The molecule has 1 N–H and O–H groups in total. The molecule has 1 amide bonds. The quantitative estimate of drug-likeness (QED) is 0.442. The molecule has 2 heterocycles. The van der Waals surface area contributed by atoms with Crippen molar-refractivity contribution < 1.29 is 23.7 Å². The van der Waals surface area contributed by atoms with Crippen LogP contribution in [0.15, 0.2) is 23.2 Å². The van der Waals surface area contributed by atoms with Gasteiger partial charge in [0, 0.05) is 19.2 Å². The third kappa shape index (κ3) is 5.83. The molecule has 3 rings (SSSR count). The van der Waals surface area contributed by atoms with E-state index < -0.39 is 0 Å². The van der Waals surface area contributed by atoms with Crippen molar-refractivity contribution in [3.05, 3.63) is 23.8 Å². The first-order chi connectivity index (χ1) is 13.3. The number of hydrogen-bond donors (Lipinski definition) is 1. The second-order valence-corrected chi connectivity index (χ2v) is 6.45. The summed E-state index contributed by atoms with van der Waals surface area (Å²) >= 11 is 0. The van der Waals surface area contributed by atoms with Gasteiger partial charge in [0.05, 0.1) is 13.2 Å². The topological polar surface area (TPSA) is 81.6 Å². The molecule has 0 unspecified atom stereocenters. The fraction of sp³-hybridized carbons (Fsp3) is 0.579. The number of carbonyl (C=O) groups excluding carboxylic acids is 1. The molecule has 2 aliphatic rings. The number of likely N-dealkylation sites (tertiary alicyclic amines) is 1. The number of ether oxygens (including phenoxy) is 4. The molecule has 8 heteroatoms. The van der Waals surface area contributed by atoms with Crippen LogP contribution in [0.25, 0.3) is 0 Å². The van der Waals surface area contributed by atoms with Crippen molar-refractivity contribution in [2.24, 2.45) is 4.99 Å². The normalized spacial score (nSPS) is 17.0. The Balaban J connectivity index is 1.57. The lowest BCUT2D eigenvalue weighted by Crippen LogP contribution is -2.35. The third-order valence-corrected chi connectivity index (χ3v) is 4.50. The molecule has 1 aromatic rings. The van der Waals surface area contributed by atoms with Gasteiger partial charge < -0.3 is 23.8 Å². The summed E-state index contributed by atoms with van der Waals surface area (Å²) in [5.41, 5.74) is 0.457. The second kappa shape index (κ2) is 10.1. The number of nitrogens with zero attached hydrogens (tertiary/aromatic N) is 2. The van der Waals surface area contributed by atoms with E-state index in [1.807, 2.05) is 0 Å². The fourth-order valence-corrected chi connectivity index (χ4v) is 3.03. The van der Waals surface area contributed by atoms with E-state index in [0.29, 0.717) is 36.8 Å². The number of piperidine rings is 1. The largest absolute Gasteiger partial charge is 0.463 e. The monoisotopic (exact) mass is 377 g/mol. The minimum Gasteiger partial charge on any atom is -0.463 e. The van der Waals surface area contributed by atoms with Gasteiger partial charge in [-0.25, -0.2) is 4.99 Å². The highest BCUT2D eigenvalue weighted by molar-refractivity contribution is 6.04. The van der Waals surface area contributed by atoms with Gasteiger partial charge in [-0.05, 0) is 44.1 Å². The predicted molar refractivity (Wildman–Crippen MR) is 100 cm³/mol. The molecule has 27 heavy (non-hydrogen) atoms. The van der Waals surface area contributed by atoms with Gasteiger partial charge in [-0.1, -0.05) is 6.42 Å². The van der Waals surface area contributed by atoms with Crippen LogP contribution < -0.4 is 14.8 Å². The van der Waals surface area contributed by atoms with Crippen LogP contribution in [0, 0.1) is 0 Å². The number of aliphatic imine (C=N–C) groups is 1. The standard InChI is InChI=1S/C19H27N3O5/c1-24-11-12-25-19(20-7-10-22-8-3-2-4-9-22)21-18(23)15-5-6-16-17(13-15)27-14-26-16/h5-6,13H,2-4,7-12,14H2,1H3,(H,20,21,23). The number of methoxy groups -OCH3 is 1. The van der Waals surface area contributed by atoms with E-state index in [1.54, 1.807) is 25.3 Å². The molecule has 1 aromatic carbocycles. The van der Waals surface area contributed by atoms with Crippen LogP contribution in [0.4, 0.5) is 0 Å². The number of amidine groups is 1. The van der Waals surface area contributed by atoms with E-state index in [-0.39, 0.29) is 18.7 Å². The van der Waals surface area contributed by atoms with E-state index in [9.17, 15) is 4.79 Å². The maximum absolute atomic E-state index is 12.5. The zero-order chi connectivity index (χ0) is 18.9. The van der Waals surface area contributed by atoms with Gasteiger partial charge in [-0.2, -0.15) is 0 Å². The Morgan fingerprint density at radius 3 is 2.81 bits per heavy atom. The smallest absolute Gasteiger partial charge is 0.291 e. The average molecular weight is 377 g/mol. The number of fused-ring (bicyclic) bond motifs is 1. The Labute approximate surface area is 159 Å². The Morgan fingerprint density at radius 2 is 2.00 bits per heavy atom. The minimum absolute atomic E-state index is 0.170. The molecular formula is C19H27N3O5. The third-order valence-electron chi connectivity index (χ3n) is 4.50. The second-order valence-electron chi connectivity index (χ2n) is 6.45. The molecule has 0 spiro atoms. The number of rotatable bonds is 7. The Morgan fingerprint density at radius 1 is 1.19 bits per heavy atom. The van der Waals surface area contributed by atoms with Crippen molar-refractivity contribution in [1.82, 2.24) is 10.2 Å². The molecule has 0 radical (unpaired) electrons. The van der Waals surface area contributed by atoms with Gasteiger partial charge in [0.25, 0.3) is 11.9 Å². The van der Waals surface area contributed by atoms with E-state index in [1.165, 1.54) is 19.3 Å². The van der Waals surface area contributed by atoms with Crippen LogP contribution in [0.3, 0.4) is 0 Å². The number of amides is 1. The molecule has 1 fully saturated rings. The van der Waals surface area contributed by atoms with Crippen LogP contribution in [-0.4, -0.2) is 70.1 Å². The molecule has 0 aliphatic carbocycles. The average Bonchev–Trinajstić information content (AvgIpc) is 3.16. The van der Waals surface area contributed by atoms with Crippen molar-refractivity contribution in [1.29, 1.82) is 0 Å². The number of nitrogens with one attached hydrogen (secondary N) is 1. The summed E-state index contributed by atoms with van der Waals surface area (Å²) in [5.74, 6) is 0.896. The summed E-state index contributed by atoms with van der Waals surface area (Å²) in [4.78, 5) is 19.4. The maximum atomic E-state index is 12.5. The summed E-state index contributed by atoms with van der Waals surface area (Å²) in [5, 5.41) is 2.74. The lowest BCUT2D eigenvalue weighted by Gasteiger charge is -2.25. The van der Waals surface area contributed by atoms with E-state index in [0.717, 1.165) is 19.6 Å². The maximum Gasteiger partial charge on any atom is 0.291 e. The molecule has 0 saturated carbocycles. The van der Waals surface area contributed by atoms with E-state index in [4.69, 9.17) is 18.9 Å². The summed E-state index contributed by atoms with van der Waals surface area (Å²) in [7, 11) is 1.60. The van der Waals surface area contributed by atoms with Gasteiger partial charge in [-0.15, -0.1) is 0 Å². The molecule has 0 atom stereocenters. The first-order valence-electron chi connectivity index (χ1n) is 9.36. The highest BCUT2D eigenvalue weighted by Gasteiger charge is 2.17. The van der Waals surface area contributed by atoms with Crippen molar-refractivity contribution in [3.63, 3.8) is 0 Å².